The molecule has 0 unspecified atom stereocenters. The molecule has 1 aromatic carbocycles. The number of aliphatic carboxylic acids is 1. The Hall–Kier alpha value is -2.15. The molecule has 1 aromatic rings. The van der Waals surface area contributed by atoms with E-state index in [1.165, 1.54) is 12.1 Å². The van der Waals surface area contributed by atoms with Gasteiger partial charge in [-0.3, -0.25) is 14.9 Å². The van der Waals surface area contributed by atoms with E-state index < -0.39 is 16.9 Å². The smallest absolute Gasteiger partial charge is 0.325 e. The van der Waals surface area contributed by atoms with E-state index in [2.05, 4.69) is 0 Å². The highest BCUT2D eigenvalue weighted by Gasteiger charge is 2.19. The van der Waals surface area contributed by atoms with Crippen molar-refractivity contribution >= 4 is 17.3 Å². The molecule has 80 valence electrons. The molecular weight excluding hydrogens is 202 g/mol. The van der Waals surface area contributed by atoms with Gasteiger partial charge in [-0.15, -0.1) is 0 Å². The zero-order chi connectivity index (χ0) is 11.6. The van der Waals surface area contributed by atoms with E-state index in [0.717, 1.165) is 6.07 Å². The monoisotopic (exact) mass is 211 g/mol. The molecule has 0 aliphatic heterocycles. The number of hydrogen-bond acceptors (Lipinski definition) is 5. The first-order valence-corrected chi connectivity index (χ1v) is 3.95. The quantitative estimate of drug-likeness (QED) is 0.373. The van der Waals surface area contributed by atoms with Crippen LogP contribution >= 0.6 is 0 Å². The summed E-state index contributed by atoms with van der Waals surface area (Å²) in [7, 11) is 0. The van der Waals surface area contributed by atoms with E-state index in [1.807, 2.05) is 0 Å². The molecule has 7 heteroatoms. The van der Waals surface area contributed by atoms with Crippen LogP contribution in [0.3, 0.4) is 0 Å². The van der Waals surface area contributed by atoms with Crippen LogP contribution in [0.1, 0.15) is 11.6 Å². The molecule has 0 aliphatic rings. The number of nitro benzene ring substituents is 1. The third-order valence-electron chi connectivity index (χ3n) is 1.88. The molecule has 0 radical (unpaired) electrons. The van der Waals surface area contributed by atoms with Gasteiger partial charge in [-0.2, -0.15) is 0 Å². The molecule has 0 heterocycles. The first kappa shape index (κ1) is 10.9. The number of nitro groups is 1. The van der Waals surface area contributed by atoms with Crippen molar-refractivity contribution in [2.75, 3.05) is 5.73 Å². The van der Waals surface area contributed by atoms with Gasteiger partial charge in [0.25, 0.3) is 5.69 Å². The highest BCUT2D eigenvalue weighted by Crippen LogP contribution is 2.24. The Labute approximate surface area is 84.4 Å². The summed E-state index contributed by atoms with van der Waals surface area (Å²) in [6, 6.07) is 2.38. The van der Waals surface area contributed by atoms with E-state index in [-0.39, 0.29) is 16.9 Å². The number of nitrogens with two attached hydrogens (primary N) is 2. The van der Waals surface area contributed by atoms with E-state index >= 15 is 0 Å². The molecular formula is C8H9N3O4. The van der Waals surface area contributed by atoms with Crippen molar-refractivity contribution in [1.82, 2.24) is 0 Å². The van der Waals surface area contributed by atoms with Crippen LogP contribution in [0.5, 0.6) is 0 Å². The number of hydrogen-bond donors (Lipinski definition) is 3. The van der Waals surface area contributed by atoms with Gasteiger partial charge in [0.2, 0.25) is 0 Å². The fraction of sp³-hybridized carbons (Fsp3) is 0.125. The number of nitrogen functional groups attached to an aromatic ring is 1. The number of rotatable bonds is 3. The Balaban J connectivity index is 3.18. The molecule has 0 fully saturated rings. The standard InChI is InChI=1S/C8H9N3O4/c9-5-2-1-4(7(10)8(12)13)3-6(5)11(14)15/h1-3,7H,9-10H2,(H,12,13)/t7-/m0/s1. The van der Waals surface area contributed by atoms with Crippen molar-refractivity contribution in [1.29, 1.82) is 0 Å². The average Bonchev–Trinajstić information content (AvgIpc) is 2.16. The Morgan fingerprint density at radius 1 is 1.53 bits per heavy atom. The summed E-state index contributed by atoms with van der Waals surface area (Å²) in [5.74, 6) is -1.26. The van der Waals surface area contributed by atoms with Crippen LogP contribution in [0.2, 0.25) is 0 Å². The van der Waals surface area contributed by atoms with Crippen LogP contribution in [-0.2, 0) is 4.79 Å². The molecule has 1 rings (SSSR count). The Bertz CT molecular complexity index is 418. The second-order valence-electron chi connectivity index (χ2n) is 2.89. The normalized spacial score (nSPS) is 12.1. The molecule has 0 bridgehead atoms. The van der Waals surface area contributed by atoms with Crippen molar-refractivity contribution < 1.29 is 14.8 Å². The summed E-state index contributed by atoms with van der Waals surface area (Å²) in [5.41, 5.74) is 10.4. The minimum Gasteiger partial charge on any atom is -0.480 e. The lowest BCUT2D eigenvalue weighted by molar-refractivity contribution is -0.384. The number of nitrogens with zero attached hydrogens (tertiary/aromatic N) is 1. The second-order valence-corrected chi connectivity index (χ2v) is 2.89. The van der Waals surface area contributed by atoms with Crippen LogP contribution in [0.15, 0.2) is 18.2 Å². The minimum atomic E-state index is -1.29. The zero-order valence-corrected chi connectivity index (χ0v) is 7.58. The van der Waals surface area contributed by atoms with Crippen molar-refractivity contribution in [3.63, 3.8) is 0 Å². The summed E-state index contributed by atoms with van der Waals surface area (Å²) in [5, 5.41) is 19.1. The van der Waals surface area contributed by atoms with E-state index in [0.29, 0.717) is 0 Å². The zero-order valence-electron chi connectivity index (χ0n) is 7.58. The number of benzene rings is 1. The molecule has 0 aromatic heterocycles. The maximum absolute atomic E-state index is 10.5. The third-order valence-corrected chi connectivity index (χ3v) is 1.88. The summed E-state index contributed by atoms with van der Waals surface area (Å²) in [6.45, 7) is 0. The maximum Gasteiger partial charge on any atom is 0.325 e. The van der Waals surface area contributed by atoms with Crippen molar-refractivity contribution in [3.8, 4) is 0 Å². The van der Waals surface area contributed by atoms with Gasteiger partial charge in [0.15, 0.2) is 0 Å². The topological polar surface area (TPSA) is 132 Å². The molecule has 0 saturated heterocycles. The number of anilines is 1. The molecule has 5 N–H and O–H groups in total. The minimum absolute atomic E-state index is 0.0265. The average molecular weight is 211 g/mol. The molecule has 0 aliphatic carbocycles. The van der Waals surface area contributed by atoms with Gasteiger partial charge in [-0.05, 0) is 11.6 Å². The summed E-state index contributed by atoms with van der Waals surface area (Å²) in [4.78, 5) is 20.4. The van der Waals surface area contributed by atoms with Crippen molar-refractivity contribution in [3.05, 3.63) is 33.9 Å². The SMILES string of the molecule is Nc1ccc([C@H](N)C(=O)O)cc1[N+](=O)[O-]. The Morgan fingerprint density at radius 3 is 2.60 bits per heavy atom. The lowest BCUT2D eigenvalue weighted by Crippen LogP contribution is -2.20. The van der Waals surface area contributed by atoms with E-state index in [1.54, 1.807) is 0 Å². The summed E-state index contributed by atoms with van der Waals surface area (Å²) in [6.07, 6.45) is 0. The van der Waals surface area contributed by atoms with Crippen LogP contribution in [-0.4, -0.2) is 16.0 Å². The number of carboxylic acid groups (broad SMARTS) is 1. The van der Waals surface area contributed by atoms with E-state index in [9.17, 15) is 14.9 Å². The molecule has 0 saturated carbocycles. The summed E-state index contributed by atoms with van der Waals surface area (Å²) < 4.78 is 0. The van der Waals surface area contributed by atoms with Gasteiger partial charge in [0.1, 0.15) is 11.7 Å². The van der Waals surface area contributed by atoms with Crippen LogP contribution in [0.4, 0.5) is 11.4 Å². The van der Waals surface area contributed by atoms with Crippen molar-refractivity contribution in [2.45, 2.75) is 6.04 Å². The van der Waals surface area contributed by atoms with Crippen LogP contribution in [0.25, 0.3) is 0 Å². The molecule has 0 amide bonds. The largest absolute Gasteiger partial charge is 0.480 e. The Kier molecular flexibility index (Phi) is 2.86. The lowest BCUT2D eigenvalue weighted by Gasteiger charge is -2.06. The molecule has 0 spiro atoms. The van der Waals surface area contributed by atoms with Crippen LogP contribution < -0.4 is 11.5 Å². The van der Waals surface area contributed by atoms with Crippen molar-refractivity contribution in [2.24, 2.45) is 5.73 Å². The van der Waals surface area contributed by atoms with Gasteiger partial charge in [0.05, 0.1) is 4.92 Å². The fourth-order valence-corrected chi connectivity index (χ4v) is 1.05. The predicted molar refractivity (Wildman–Crippen MR) is 52.1 cm³/mol. The van der Waals surface area contributed by atoms with E-state index in [4.69, 9.17) is 16.6 Å². The highest BCUT2D eigenvalue weighted by atomic mass is 16.6. The van der Waals surface area contributed by atoms with Gasteiger partial charge < -0.3 is 16.6 Å². The number of carbonyl (C=O) groups is 1. The molecule has 1 atom stereocenters. The van der Waals surface area contributed by atoms with Crippen LogP contribution in [0, 0.1) is 10.1 Å². The maximum atomic E-state index is 10.5. The Morgan fingerprint density at radius 2 is 2.13 bits per heavy atom. The van der Waals surface area contributed by atoms with Gasteiger partial charge >= 0.3 is 5.97 Å². The fourth-order valence-electron chi connectivity index (χ4n) is 1.05. The van der Waals surface area contributed by atoms with Gasteiger partial charge in [-0.25, -0.2) is 0 Å². The third kappa shape index (κ3) is 2.20. The first-order chi connectivity index (χ1) is 6.93. The first-order valence-electron chi connectivity index (χ1n) is 3.95. The van der Waals surface area contributed by atoms with Gasteiger partial charge in [-0.1, -0.05) is 6.07 Å². The second kappa shape index (κ2) is 3.93. The lowest BCUT2D eigenvalue weighted by atomic mass is 10.1. The summed E-state index contributed by atoms with van der Waals surface area (Å²) >= 11 is 0. The molecule has 15 heavy (non-hydrogen) atoms. The highest BCUT2D eigenvalue weighted by molar-refractivity contribution is 5.76. The predicted octanol–water partition coefficient (Wildman–Crippen LogP) is 0.261. The number of carboxylic acids is 1. The van der Waals surface area contributed by atoms with Gasteiger partial charge in [0, 0.05) is 6.07 Å². The molecule has 7 nitrogen and oxygen atoms in total.